The van der Waals surface area contributed by atoms with Crippen molar-refractivity contribution in [3.05, 3.63) is 42.1 Å². The Morgan fingerprint density at radius 1 is 0.962 bits per heavy atom. The molecule has 296 valence electrons. The lowest BCUT2D eigenvalue weighted by molar-refractivity contribution is -0.147. The molecule has 1 saturated heterocycles. The van der Waals surface area contributed by atoms with Gasteiger partial charge in [0.15, 0.2) is 0 Å². The largest absolute Gasteiger partial charge is 0.379 e. The number of benzene rings is 1. The van der Waals surface area contributed by atoms with E-state index in [0.717, 1.165) is 29.3 Å². The predicted molar refractivity (Wildman–Crippen MR) is 209 cm³/mol. The zero-order valence-electron chi connectivity index (χ0n) is 34.0. The summed E-state index contributed by atoms with van der Waals surface area (Å²) in [5.41, 5.74) is 2.00. The molecular weight excluding hydrogens is 672 g/mol. The summed E-state index contributed by atoms with van der Waals surface area (Å²) in [5.74, 6) is -1.29. The number of fused-ring (bicyclic) bond motifs is 1. The molecule has 3 rings (SSSR count). The quantitative estimate of drug-likeness (QED) is 0.184. The number of carbonyl (C=O) groups excluding carboxylic acids is 4. The van der Waals surface area contributed by atoms with Crippen molar-refractivity contribution in [3.8, 4) is 0 Å². The number of nitrogens with one attached hydrogen (secondary N) is 3. The molecule has 12 heteroatoms. The number of aromatic nitrogens is 1. The molecule has 8 atom stereocenters. The second-order valence-corrected chi connectivity index (χ2v) is 15.4. The first-order valence-electron chi connectivity index (χ1n) is 19.4. The molecule has 0 saturated carbocycles. The Bertz CT molecular complexity index is 1500. The maximum absolute atomic E-state index is 14.2. The van der Waals surface area contributed by atoms with E-state index in [1.165, 1.54) is 0 Å². The number of rotatable bonds is 20. The van der Waals surface area contributed by atoms with Gasteiger partial charge < -0.3 is 35.2 Å². The number of likely N-dealkylation sites (tertiary alicyclic amines) is 1. The zero-order chi connectivity index (χ0) is 39.4. The Labute approximate surface area is 317 Å². The van der Waals surface area contributed by atoms with Crippen LogP contribution in [0.1, 0.15) is 79.7 Å². The van der Waals surface area contributed by atoms with Gasteiger partial charge in [0.2, 0.25) is 23.6 Å². The van der Waals surface area contributed by atoms with E-state index in [0.29, 0.717) is 25.9 Å². The zero-order valence-corrected chi connectivity index (χ0v) is 34.0. The van der Waals surface area contributed by atoms with Gasteiger partial charge in [-0.2, -0.15) is 0 Å². The van der Waals surface area contributed by atoms with Crippen LogP contribution in [0.3, 0.4) is 0 Å². The molecule has 0 radical (unpaired) electrons. The third-order valence-corrected chi connectivity index (χ3v) is 11.2. The standard InChI is InChI=1S/C41H66N6O6/c1-12-27(6)37(46(9)41(51)35(26(4)5)45-40(50)34(42-8)25(2)3)32(52-10)24-33(48)47-23-15-19-31(47)38(53-11)28(7)39(49)44-22-20-30-17-13-16-29-18-14-21-43-36(29)30/h13-14,16-18,21,25-28,31-32,34-35,37-38,42H,12,15,19-20,22-24H2,1-11H3,(H,44,49)(H,45,50)/t27-,28+,31-,32+,34-,35-,37-,38+/m0/s1. The summed E-state index contributed by atoms with van der Waals surface area (Å²) in [7, 11) is 6.65. The van der Waals surface area contributed by atoms with Crippen LogP contribution >= 0.6 is 0 Å². The Balaban J connectivity index is 1.72. The van der Waals surface area contributed by atoms with Crippen LogP contribution in [0.4, 0.5) is 0 Å². The average molecular weight is 739 g/mol. The van der Waals surface area contributed by atoms with Crippen LogP contribution in [0.5, 0.6) is 0 Å². The average Bonchev–Trinajstić information content (AvgIpc) is 3.63. The van der Waals surface area contributed by atoms with Gasteiger partial charge in [0, 0.05) is 45.9 Å². The van der Waals surface area contributed by atoms with Gasteiger partial charge in [0.25, 0.3) is 0 Å². The molecule has 1 fully saturated rings. The van der Waals surface area contributed by atoms with Gasteiger partial charge >= 0.3 is 0 Å². The molecule has 1 aromatic carbocycles. The number of ether oxygens (including phenoxy) is 2. The summed E-state index contributed by atoms with van der Waals surface area (Å²) in [6.45, 7) is 14.7. The number of para-hydroxylation sites is 1. The second-order valence-electron chi connectivity index (χ2n) is 15.4. The third-order valence-electron chi connectivity index (χ3n) is 11.2. The molecule has 0 bridgehead atoms. The number of hydrogen-bond acceptors (Lipinski definition) is 8. The lowest BCUT2D eigenvalue weighted by Gasteiger charge is -2.41. The highest BCUT2D eigenvalue weighted by Gasteiger charge is 2.43. The van der Waals surface area contributed by atoms with E-state index in [9.17, 15) is 19.2 Å². The summed E-state index contributed by atoms with van der Waals surface area (Å²) in [6.07, 6.45) is 3.65. The highest BCUT2D eigenvalue weighted by molar-refractivity contribution is 5.90. The molecule has 4 amide bonds. The minimum Gasteiger partial charge on any atom is -0.379 e. The van der Waals surface area contributed by atoms with E-state index in [2.05, 4.69) is 34.8 Å². The van der Waals surface area contributed by atoms with Crippen molar-refractivity contribution < 1.29 is 28.7 Å². The molecule has 53 heavy (non-hydrogen) atoms. The summed E-state index contributed by atoms with van der Waals surface area (Å²) < 4.78 is 12.0. The minimum atomic E-state index is -0.747. The minimum absolute atomic E-state index is 0.000377. The van der Waals surface area contributed by atoms with E-state index in [-0.39, 0.29) is 53.8 Å². The fraction of sp³-hybridized carbons (Fsp3) is 0.683. The number of carbonyl (C=O) groups is 4. The van der Waals surface area contributed by atoms with Crippen LogP contribution in [0, 0.1) is 23.7 Å². The fourth-order valence-electron chi connectivity index (χ4n) is 7.90. The number of amides is 4. The summed E-state index contributed by atoms with van der Waals surface area (Å²) in [4.78, 5) is 63.0. The van der Waals surface area contributed by atoms with Crippen molar-refractivity contribution in [2.45, 2.75) is 117 Å². The van der Waals surface area contributed by atoms with Crippen molar-refractivity contribution in [1.29, 1.82) is 0 Å². The predicted octanol–water partition coefficient (Wildman–Crippen LogP) is 4.20. The Morgan fingerprint density at radius 2 is 1.64 bits per heavy atom. The van der Waals surface area contributed by atoms with Crippen LogP contribution in [-0.4, -0.2) is 116 Å². The molecule has 3 N–H and O–H groups in total. The monoisotopic (exact) mass is 739 g/mol. The number of hydrogen-bond donors (Lipinski definition) is 3. The first-order valence-corrected chi connectivity index (χ1v) is 19.4. The molecule has 0 spiro atoms. The van der Waals surface area contributed by atoms with Crippen LogP contribution in [-0.2, 0) is 35.1 Å². The third kappa shape index (κ3) is 11.0. The van der Waals surface area contributed by atoms with E-state index >= 15 is 0 Å². The van der Waals surface area contributed by atoms with E-state index in [4.69, 9.17) is 9.47 Å². The molecule has 0 aliphatic carbocycles. The van der Waals surface area contributed by atoms with Gasteiger partial charge in [-0.1, -0.05) is 79.2 Å². The first-order chi connectivity index (χ1) is 25.2. The molecule has 1 aromatic heterocycles. The van der Waals surface area contributed by atoms with Crippen molar-refractivity contribution in [2.24, 2.45) is 23.7 Å². The van der Waals surface area contributed by atoms with Gasteiger partial charge in [-0.15, -0.1) is 0 Å². The molecule has 1 aliphatic heterocycles. The lowest BCUT2D eigenvalue weighted by atomic mass is 9.89. The Kier molecular flexibility index (Phi) is 17.1. The molecule has 12 nitrogen and oxygen atoms in total. The van der Waals surface area contributed by atoms with Crippen LogP contribution in [0.25, 0.3) is 10.9 Å². The van der Waals surface area contributed by atoms with Gasteiger partial charge in [0.1, 0.15) is 6.04 Å². The normalized spacial score (nSPS) is 18.7. The topological polar surface area (TPSA) is 142 Å². The van der Waals surface area contributed by atoms with Crippen molar-refractivity contribution in [2.75, 3.05) is 41.4 Å². The summed E-state index contributed by atoms with van der Waals surface area (Å²) in [6, 6.07) is 8.11. The van der Waals surface area contributed by atoms with Crippen LogP contribution in [0.15, 0.2) is 36.5 Å². The van der Waals surface area contributed by atoms with Crippen LogP contribution in [0.2, 0.25) is 0 Å². The van der Waals surface area contributed by atoms with Gasteiger partial charge in [-0.3, -0.25) is 24.2 Å². The van der Waals surface area contributed by atoms with Crippen molar-refractivity contribution in [3.63, 3.8) is 0 Å². The maximum atomic E-state index is 14.2. The highest BCUT2D eigenvalue weighted by Crippen LogP contribution is 2.30. The van der Waals surface area contributed by atoms with E-state index < -0.39 is 36.3 Å². The van der Waals surface area contributed by atoms with Crippen molar-refractivity contribution in [1.82, 2.24) is 30.7 Å². The maximum Gasteiger partial charge on any atom is 0.245 e. The second kappa shape index (κ2) is 20.7. The van der Waals surface area contributed by atoms with Crippen molar-refractivity contribution >= 4 is 34.5 Å². The van der Waals surface area contributed by atoms with E-state index in [1.54, 1.807) is 39.4 Å². The van der Waals surface area contributed by atoms with E-state index in [1.807, 2.05) is 69.9 Å². The Hall–Kier alpha value is -3.61. The first kappa shape index (κ1) is 43.8. The molecular formula is C41H66N6O6. The van der Waals surface area contributed by atoms with Gasteiger partial charge in [-0.25, -0.2) is 0 Å². The number of likely N-dealkylation sites (N-methyl/N-ethyl adjacent to an activating group) is 2. The van der Waals surface area contributed by atoms with Gasteiger partial charge in [-0.05, 0) is 55.7 Å². The number of pyridine rings is 1. The van der Waals surface area contributed by atoms with Crippen LogP contribution < -0.4 is 16.0 Å². The summed E-state index contributed by atoms with van der Waals surface area (Å²) in [5, 5.41) is 10.2. The number of nitrogens with zero attached hydrogens (tertiary/aromatic N) is 3. The smallest absolute Gasteiger partial charge is 0.245 e. The summed E-state index contributed by atoms with van der Waals surface area (Å²) >= 11 is 0. The lowest BCUT2D eigenvalue weighted by Crippen LogP contribution is -2.59. The van der Waals surface area contributed by atoms with Gasteiger partial charge in [0.05, 0.1) is 48.2 Å². The number of methoxy groups -OCH3 is 2. The molecule has 2 aromatic rings. The highest BCUT2D eigenvalue weighted by atomic mass is 16.5. The Morgan fingerprint density at radius 3 is 2.25 bits per heavy atom. The SMILES string of the molecule is CC[C@H](C)[C@@H]([C@@H](CC(=O)N1CCC[C@H]1[C@H](OC)[C@@H](C)C(=O)NCCc1cccc2cccnc12)OC)N(C)C(=O)[C@@H](NC(=O)[C@@H](NC)C(C)C)C(C)C. The fourth-order valence-corrected chi connectivity index (χ4v) is 7.90. The molecule has 1 aliphatic rings. The molecule has 2 heterocycles. The molecule has 0 unspecified atom stereocenters.